The second kappa shape index (κ2) is 8.13. The SMILES string of the molecule is Cc1nn(C)cc1CN1CC[C@@H](c2c(C(=O)N3CCOCC3)sc3ccccc23)C1. The number of hydrogen-bond acceptors (Lipinski definition) is 5. The van der Waals surface area contributed by atoms with E-state index in [2.05, 4.69) is 47.4 Å². The number of nitrogens with zero attached hydrogens (tertiary/aromatic N) is 4. The number of carbonyl (C=O) groups is 1. The predicted molar refractivity (Wildman–Crippen MR) is 119 cm³/mol. The molecule has 1 atom stereocenters. The van der Waals surface area contributed by atoms with E-state index >= 15 is 0 Å². The fraction of sp³-hybridized carbons (Fsp3) is 0.478. The number of rotatable bonds is 4. The van der Waals surface area contributed by atoms with Crippen molar-refractivity contribution in [1.82, 2.24) is 19.6 Å². The van der Waals surface area contributed by atoms with E-state index in [0.717, 1.165) is 36.6 Å². The van der Waals surface area contributed by atoms with Crippen molar-refractivity contribution in [3.8, 4) is 0 Å². The first-order chi connectivity index (χ1) is 14.6. The Morgan fingerprint density at radius 3 is 2.80 bits per heavy atom. The number of thiophene rings is 1. The highest BCUT2D eigenvalue weighted by molar-refractivity contribution is 7.21. The lowest BCUT2D eigenvalue weighted by atomic mass is 9.94. The zero-order valence-electron chi connectivity index (χ0n) is 17.6. The third-order valence-electron chi connectivity index (χ3n) is 6.32. The summed E-state index contributed by atoms with van der Waals surface area (Å²) >= 11 is 1.66. The number of morpholine rings is 1. The van der Waals surface area contributed by atoms with E-state index in [4.69, 9.17) is 4.74 Å². The summed E-state index contributed by atoms with van der Waals surface area (Å²) < 4.78 is 8.56. The Morgan fingerprint density at radius 2 is 2.03 bits per heavy atom. The molecule has 6 nitrogen and oxygen atoms in total. The number of hydrogen-bond donors (Lipinski definition) is 0. The van der Waals surface area contributed by atoms with Gasteiger partial charge in [0.2, 0.25) is 0 Å². The van der Waals surface area contributed by atoms with Crippen molar-refractivity contribution in [3.63, 3.8) is 0 Å². The molecule has 2 fully saturated rings. The van der Waals surface area contributed by atoms with Crippen LogP contribution in [0.3, 0.4) is 0 Å². The maximum atomic E-state index is 13.4. The predicted octanol–water partition coefficient (Wildman–Crippen LogP) is 3.41. The van der Waals surface area contributed by atoms with Crippen LogP contribution in [0.2, 0.25) is 0 Å². The van der Waals surface area contributed by atoms with Crippen LogP contribution in [0, 0.1) is 6.92 Å². The van der Waals surface area contributed by atoms with Crippen molar-refractivity contribution >= 4 is 27.3 Å². The van der Waals surface area contributed by atoms with Crippen molar-refractivity contribution in [2.75, 3.05) is 39.4 Å². The number of carbonyl (C=O) groups excluding carboxylic acids is 1. The normalized spacial score (nSPS) is 20.3. The standard InChI is InChI=1S/C23H28N4O2S/c1-16-18(13-25(2)24-16)15-26-8-7-17(14-26)21-19-5-3-4-6-20(19)30-22(21)23(28)27-9-11-29-12-10-27/h3-6,13,17H,7-12,14-15H2,1-2H3/t17-/m1/s1. The highest BCUT2D eigenvalue weighted by Crippen LogP contribution is 2.41. The van der Waals surface area contributed by atoms with Gasteiger partial charge in [-0.15, -0.1) is 11.3 Å². The van der Waals surface area contributed by atoms with Gasteiger partial charge in [-0.3, -0.25) is 14.4 Å². The lowest BCUT2D eigenvalue weighted by Gasteiger charge is -2.27. The minimum atomic E-state index is 0.177. The molecule has 3 aromatic rings. The van der Waals surface area contributed by atoms with Gasteiger partial charge in [-0.25, -0.2) is 0 Å². The van der Waals surface area contributed by atoms with Crippen molar-refractivity contribution in [2.45, 2.75) is 25.8 Å². The molecule has 1 aromatic carbocycles. The third kappa shape index (κ3) is 3.66. The van der Waals surface area contributed by atoms with Gasteiger partial charge in [0.25, 0.3) is 5.91 Å². The molecule has 7 heteroatoms. The molecule has 0 N–H and O–H groups in total. The zero-order valence-corrected chi connectivity index (χ0v) is 18.5. The molecule has 2 saturated heterocycles. The summed E-state index contributed by atoms with van der Waals surface area (Å²) in [4.78, 5) is 18.8. The van der Waals surface area contributed by atoms with Gasteiger partial charge in [-0.1, -0.05) is 18.2 Å². The van der Waals surface area contributed by atoms with E-state index in [9.17, 15) is 4.79 Å². The number of ether oxygens (including phenoxy) is 1. The van der Waals surface area contributed by atoms with Crippen LogP contribution in [-0.2, 0) is 18.3 Å². The second-order valence-corrected chi connectivity index (χ2v) is 9.43. The molecule has 2 aromatic heterocycles. The number of aryl methyl sites for hydroxylation is 2. The quantitative estimate of drug-likeness (QED) is 0.644. The molecule has 2 aliphatic heterocycles. The van der Waals surface area contributed by atoms with Crippen LogP contribution in [-0.4, -0.2) is 64.9 Å². The Labute approximate surface area is 181 Å². The maximum absolute atomic E-state index is 13.4. The van der Waals surface area contributed by atoms with E-state index in [-0.39, 0.29) is 5.91 Å². The van der Waals surface area contributed by atoms with Gasteiger partial charge in [0.15, 0.2) is 0 Å². The summed E-state index contributed by atoms with van der Waals surface area (Å²) in [6.45, 7) is 7.67. The molecule has 5 rings (SSSR count). The lowest BCUT2D eigenvalue weighted by molar-refractivity contribution is 0.0305. The van der Waals surface area contributed by atoms with E-state index in [1.807, 2.05) is 16.6 Å². The minimum Gasteiger partial charge on any atom is -0.378 e. The smallest absolute Gasteiger partial charge is 0.264 e. The van der Waals surface area contributed by atoms with Crippen molar-refractivity contribution in [1.29, 1.82) is 0 Å². The van der Waals surface area contributed by atoms with Crippen LogP contribution in [0.4, 0.5) is 0 Å². The van der Waals surface area contributed by atoms with Crippen LogP contribution >= 0.6 is 11.3 Å². The van der Waals surface area contributed by atoms with Crippen molar-refractivity contribution in [3.05, 3.63) is 52.2 Å². The molecule has 0 bridgehead atoms. The number of fused-ring (bicyclic) bond motifs is 1. The number of amides is 1. The van der Waals surface area contributed by atoms with Gasteiger partial charge in [0.1, 0.15) is 0 Å². The Morgan fingerprint density at radius 1 is 1.23 bits per heavy atom. The Bertz CT molecular complexity index is 1070. The first kappa shape index (κ1) is 19.7. The zero-order chi connectivity index (χ0) is 20.7. The number of benzene rings is 1. The summed E-state index contributed by atoms with van der Waals surface area (Å²) in [7, 11) is 1.98. The number of likely N-dealkylation sites (tertiary alicyclic amines) is 1. The first-order valence-corrected chi connectivity index (χ1v) is 11.5. The maximum Gasteiger partial charge on any atom is 0.264 e. The number of aromatic nitrogens is 2. The molecule has 0 aliphatic carbocycles. The van der Waals surface area contributed by atoms with Gasteiger partial charge in [0.05, 0.1) is 23.8 Å². The largest absolute Gasteiger partial charge is 0.378 e. The molecule has 0 spiro atoms. The van der Waals surface area contributed by atoms with E-state index in [1.54, 1.807) is 11.3 Å². The van der Waals surface area contributed by atoms with E-state index in [1.165, 1.54) is 21.2 Å². The van der Waals surface area contributed by atoms with Gasteiger partial charge in [0, 0.05) is 55.6 Å². The molecule has 30 heavy (non-hydrogen) atoms. The lowest BCUT2D eigenvalue weighted by Crippen LogP contribution is -2.40. The van der Waals surface area contributed by atoms with Crippen LogP contribution in [0.15, 0.2) is 30.5 Å². The molecule has 0 saturated carbocycles. The molecular formula is C23H28N4O2S. The summed E-state index contributed by atoms with van der Waals surface area (Å²) in [5, 5.41) is 5.74. The van der Waals surface area contributed by atoms with Crippen LogP contribution < -0.4 is 0 Å². The Kier molecular flexibility index (Phi) is 5.35. The van der Waals surface area contributed by atoms with Gasteiger partial charge in [-0.05, 0) is 36.9 Å². The fourth-order valence-corrected chi connectivity index (χ4v) is 6.05. The van der Waals surface area contributed by atoms with E-state index < -0.39 is 0 Å². The monoisotopic (exact) mass is 424 g/mol. The summed E-state index contributed by atoms with van der Waals surface area (Å²) in [5.41, 5.74) is 3.65. The average molecular weight is 425 g/mol. The highest BCUT2D eigenvalue weighted by Gasteiger charge is 2.32. The summed E-state index contributed by atoms with van der Waals surface area (Å²) in [5.74, 6) is 0.564. The molecular weight excluding hydrogens is 396 g/mol. The molecule has 0 radical (unpaired) electrons. The van der Waals surface area contributed by atoms with E-state index in [0.29, 0.717) is 32.2 Å². The summed E-state index contributed by atoms with van der Waals surface area (Å²) in [6, 6.07) is 8.49. The minimum absolute atomic E-state index is 0.177. The van der Waals surface area contributed by atoms with Gasteiger partial charge in [-0.2, -0.15) is 5.10 Å². The second-order valence-electron chi connectivity index (χ2n) is 8.38. The Balaban J connectivity index is 1.43. The van der Waals surface area contributed by atoms with Crippen LogP contribution in [0.25, 0.3) is 10.1 Å². The molecule has 0 unspecified atom stereocenters. The Hall–Kier alpha value is -2.22. The van der Waals surface area contributed by atoms with Crippen molar-refractivity contribution in [2.24, 2.45) is 7.05 Å². The average Bonchev–Trinajstić information content (AvgIpc) is 3.45. The first-order valence-electron chi connectivity index (χ1n) is 10.7. The topological polar surface area (TPSA) is 50.6 Å². The molecule has 2 aliphatic rings. The molecule has 158 valence electrons. The highest BCUT2D eigenvalue weighted by atomic mass is 32.1. The van der Waals surface area contributed by atoms with Crippen LogP contribution in [0.5, 0.6) is 0 Å². The molecule has 4 heterocycles. The van der Waals surface area contributed by atoms with Crippen LogP contribution in [0.1, 0.15) is 38.8 Å². The van der Waals surface area contributed by atoms with Gasteiger partial charge < -0.3 is 9.64 Å². The van der Waals surface area contributed by atoms with Gasteiger partial charge >= 0.3 is 0 Å². The third-order valence-corrected chi connectivity index (χ3v) is 7.49. The molecule has 1 amide bonds. The fourth-order valence-electron chi connectivity index (χ4n) is 4.80. The summed E-state index contributed by atoms with van der Waals surface area (Å²) in [6.07, 6.45) is 3.21. The van der Waals surface area contributed by atoms with Crippen molar-refractivity contribution < 1.29 is 9.53 Å².